The minimum Gasteiger partial charge on any atom is -0.391 e. The van der Waals surface area contributed by atoms with Crippen molar-refractivity contribution in [2.75, 3.05) is 0 Å². The maximum Gasteiger partial charge on any atom is 0.336 e. The number of non-ortho nitro benzene ring substituents is 1. The van der Waals surface area contributed by atoms with E-state index in [9.17, 15) is 29.3 Å². The van der Waals surface area contributed by atoms with Crippen LogP contribution in [0.1, 0.15) is 24.0 Å². The second kappa shape index (κ2) is 10.2. The van der Waals surface area contributed by atoms with E-state index in [1.807, 2.05) is 24.3 Å². The molecule has 1 saturated heterocycles. The molecular formula is C24H22N4O7. The lowest BCUT2D eigenvalue weighted by molar-refractivity contribution is -0.384. The second-order valence-electron chi connectivity index (χ2n) is 8.18. The van der Waals surface area contributed by atoms with E-state index in [1.54, 1.807) is 6.20 Å². The first kappa shape index (κ1) is 23.6. The van der Waals surface area contributed by atoms with Gasteiger partial charge in [0.05, 0.1) is 11.3 Å². The molecule has 0 spiro atoms. The number of aromatic nitrogens is 1. The molecule has 1 fully saturated rings. The van der Waals surface area contributed by atoms with Gasteiger partial charge in [0.25, 0.3) is 5.69 Å². The quantitative estimate of drug-likeness (QED) is 0.192. The fraction of sp³-hybridized carbons (Fsp3) is 0.250. The van der Waals surface area contributed by atoms with E-state index < -0.39 is 34.9 Å². The van der Waals surface area contributed by atoms with Gasteiger partial charge < -0.3 is 20.4 Å². The molecule has 0 unspecified atom stereocenters. The number of aromatic amines is 1. The van der Waals surface area contributed by atoms with Gasteiger partial charge in [-0.1, -0.05) is 30.3 Å². The zero-order valence-corrected chi connectivity index (χ0v) is 18.5. The number of amides is 2. The molecule has 0 aliphatic carbocycles. The first-order valence-corrected chi connectivity index (χ1v) is 10.9. The summed E-state index contributed by atoms with van der Waals surface area (Å²) in [4.78, 5) is 62.8. The van der Waals surface area contributed by atoms with Crippen LogP contribution in [0.4, 0.5) is 5.69 Å². The van der Waals surface area contributed by atoms with E-state index in [4.69, 9.17) is 4.74 Å². The Balaban J connectivity index is 1.47. The summed E-state index contributed by atoms with van der Waals surface area (Å²) in [6, 6.07) is 10.8. The number of para-hydroxylation sites is 1. The van der Waals surface area contributed by atoms with Gasteiger partial charge in [-0.05, 0) is 23.6 Å². The largest absolute Gasteiger partial charge is 0.391 e. The number of H-pyrrole nitrogens is 1. The summed E-state index contributed by atoms with van der Waals surface area (Å²) in [7, 11) is 0. The van der Waals surface area contributed by atoms with Crippen molar-refractivity contribution in [1.82, 2.24) is 15.6 Å². The summed E-state index contributed by atoms with van der Waals surface area (Å²) in [5, 5.41) is 16.8. The molecule has 11 heteroatoms. The zero-order chi connectivity index (χ0) is 24.9. The molecule has 1 aliphatic heterocycles. The normalized spacial score (nSPS) is 15.9. The SMILES string of the molecule is O=C1CC[C@@H](C(=O)N[C@@H](Cc2c[nH]c3ccccc23)C(=O)OC(=O)Cc2ccc([N+](=O)[O-])cc2)N1. The van der Waals surface area contributed by atoms with Gasteiger partial charge in [-0.3, -0.25) is 24.5 Å². The molecular weight excluding hydrogens is 456 g/mol. The standard InChI is InChI=1S/C24H22N4O7/c29-21-10-9-19(26-21)23(31)27-20(12-15-13-25-18-4-2-1-3-17(15)18)24(32)35-22(30)11-14-5-7-16(8-6-14)28(33)34/h1-8,13,19-20,25H,9-12H2,(H,26,29)(H,27,31)/t19-,20-/m0/s1. The topological polar surface area (TPSA) is 161 Å². The third kappa shape index (κ3) is 5.69. The second-order valence-corrected chi connectivity index (χ2v) is 8.18. The van der Waals surface area contributed by atoms with Crippen LogP contribution >= 0.6 is 0 Å². The van der Waals surface area contributed by atoms with Gasteiger partial charge in [0, 0.05) is 42.1 Å². The fourth-order valence-corrected chi connectivity index (χ4v) is 3.92. The third-order valence-corrected chi connectivity index (χ3v) is 5.72. The van der Waals surface area contributed by atoms with Crippen LogP contribution in [-0.2, 0) is 36.8 Å². The lowest BCUT2D eigenvalue weighted by Gasteiger charge is -2.19. The highest BCUT2D eigenvalue weighted by Gasteiger charge is 2.32. The highest BCUT2D eigenvalue weighted by Crippen LogP contribution is 2.20. The van der Waals surface area contributed by atoms with Crippen LogP contribution in [0.3, 0.4) is 0 Å². The lowest BCUT2D eigenvalue weighted by atomic mass is 10.0. The van der Waals surface area contributed by atoms with E-state index in [0.717, 1.165) is 16.5 Å². The Morgan fingerprint density at radius 2 is 1.89 bits per heavy atom. The molecule has 0 saturated carbocycles. The number of rotatable bonds is 8. The van der Waals surface area contributed by atoms with E-state index in [0.29, 0.717) is 12.0 Å². The number of carbonyl (C=O) groups excluding carboxylic acids is 4. The third-order valence-electron chi connectivity index (χ3n) is 5.72. The monoisotopic (exact) mass is 478 g/mol. The van der Waals surface area contributed by atoms with Gasteiger partial charge in [0.1, 0.15) is 12.1 Å². The van der Waals surface area contributed by atoms with Crippen LogP contribution in [0.25, 0.3) is 10.9 Å². The number of hydrogen-bond donors (Lipinski definition) is 3. The maximum absolute atomic E-state index is 12.9. The molecule has 2 heterocycles. The van der Waals surface area contributed by atoms with Crippen molar-refractivity contribution in [3.63, 3.8) is 0 Å². The summed E-state index contributed by atoms with van der Waals surface area (Å²) >= 11 is 0. The van der Waals surface area contributed by atoms with E-state index in [-0.39, 0.29) is 30.9 Å². The van der Waals surface area contributed by atoms with Crippen LogP contribution in [0, 0.1) is 10.1 Å². The van der Waals surface area contributed by atoms with Crippen molar-refractivity contribution in [2.24, 2.45) is 0 Å². The number of nitrogens with one attached hydrogen (secondary N) is 3. The Labute approximate surface area is 199 Å². The predicted octanol–water partition coefficient (Wildman–Crippen LogP) is 1.69. The van der Waals surface area contributed by atoms with Gasteiger partial charge >= 0.3 is 11.9 Å². The van der Waals surface area contributed by atoms with Gasteiger partial charge in [-0.15, -0.1) is 0 Å². The van der Waals surface area contributed by atoms with E-state index in [1.165, 1.54) is 24.3 Å². The Bertz CT molecular complexity index is 1300. The van der Waals surface area contributed by atoms with Gasteiger partial charge in [-0.2, -0.15) is 0 Å². The number of ether oxygens (including phenoxy) is 1. The van der Waals surface area contributed by atoms with Crippen molar-refractivity contribution in [2.45, 2.75) is 37.8 Å². The number of carbonyl (C=O) groups is 4. The van der Waals surface area contributed by atoms with Crippen LogP contribution in [-0.4, -0.2) is 45.7 Å². The summed E-state index contributed by atoms with van der Waals surface area (Å²) in [5.74, 6) is -2.60. The van der Waals surface area contributed by atoms with Crippen molar-refractivity contribution < 1.29 is 28.8 Å². The molecule has 3 aromatic rings. The number of benzene rings is 2. The summed E-state index contributed by atoms with van der Waals surface area (Å²) in [6.45, 7) is 0. The molecule has 0 radical (unpaired) electrons. The molecule has 4 rings (SSSR count). The van der Waals surface area contributed by atoms with Crippen LogP contribution in [0.5, 0.6) is 0 Å². The average Bonchev–Trinajstić information content (AvgIpc) is 3.45. The first-order chi connectivity index (χ1) is 16.8. The molecule has 2 aromatic carbocycles. The molecule has 0 bridgehead atoms. The minimum atomic E-state index is -1.18. The lowest BCUT2D eigenvalue weighted by Crippen LogP contribution is -2.50. The molecule has 180 valence electrons. The smallest absolute Gasteiger partial charge is 0.336 e. The number of esters is 2. The maximum atomic E-state index is 12.9. The number of nitrogens with zero attached hydrogens (tertiary/aromatic N) is 1. The minimum absolute atomic E-state index is 0.0556. The van der Waals surface area contributed by atoms with E-state index in [2.05, 4.69) is 15.6 Å². The summed E-state index contributed by atoms with van der Waals surface area (Å²) in [5.41, 5.74) is 1.89. The Kier molecular flexibility index (Phi) is 6.86. The van der Waals surface area contributed by atoms with Crippen molar-refractivity contribution in [3.8, 4) is 0 Å². The van der Waals surface area contributed by atoms with Crippen LogP contribution in [0.15, 0.2) is 54.7 Å². The van der Waals surface area contributed by atoms with Gasteiger partial charge in [-0.25, -0.2) is 4.79 Å². The molecule has 1 aromatic heterocycles. The Hall–Kier alpha value is -4.54. The summed E-state index contributed by atoms with van der Waals surface area (Å²) < 4.78 is 5.02. The molecule has 2 amide bonds. The highest BCUT2D eigenvalue weighted by molar-refractivity contribution is 5.96. The van der Waals surface area contributed by atoms with Crippen molar-refractivity contribution in [3.05, 3.63) is 76.0 Å². The number of fused-ring (bicyclic) bond motifs is 1. The molecule has 11 nitrogen and oxygen atoms in total. The van der Waals surface area contributed by atoms with Gasteiger partial charge in [0.2, 0.25) is 11.8 Å². The van der Waals surface area contributed by atoms with E-state index >= 15 is 0 Å². The first-order valence-electron chi connectivity index (χ1n) is 10.9. The van der Waals surface area contributed by atoms with Crippen molar-refractivity contribution >= 4 is 40.3 Å². The van der Waals surface area contributed by atoms with Crippen molar-refractivity contribution in [1.29, 1.82) is 0 Å². The Morgan fingerprint density at radius 3 is 2.57 bits per heavy atom. The number of nitro groups is 1. The van der Waals surface area contributed by atoms with Crippen LogP contribution < -0.4 is 10.6 Å². The summed E-state index contributed by atoms with van der Waals surface area (Å²) in [6.07, 6.45) is 2.01. The fourth-order valence-electron chi connectivity index (χ4n) is 3.92. The molecule has 3 N–H and O–H groups in total. The molecule has 2 atom stereocenters. The highest BCUT2D eigenvalue weighted by atomic mass is 16.6. The molecule has 1 aliphatic rings. The van der Waals surface area contributed by atoms with Crippen LogP contribution in [0.2, 0.25) is 0 Å². The number of hydrogen-bond acceptors (Lipinski definition) is 7. The number of nitro benzene ring substituents is 1. The van der Waals surface area contributed by atoms with Gasteiger partial charge in [0.15, 0.2) is 0 Å². The molecule has 35 heavy (non-hydrogen) atoms. The average molecular weight is 478 g/mol. The zero-order valence-electron chi connectivity index (χ0n) is 18.5. The predicted molar refractivity (Wildman–Crippen MR) is 123 cm³/mol. The Morgan fingerprint density at radius 1 is 1.14 bits per heavy atom.